The van der Waals surface area contributed by atoms with E-state index in [2.05, 4.69) is 0 Å². The molecule has 0 amide bonds. The van der Waals surface area contributed by atoms with Crippen LogP contribution in [0.5, 0.6) is 0 Å². The number of carbonyl (C=O) groups is 2. The van der Waals surface area contributed by atoms with Crippen molar-refractivity contribution in [1.29, 1.82) is 0 Å². The predicted octanol–water partition coefficient (Wildman–Crippen LogP) is 2.58. The lowest BCUT2D eigenvalue weighted by molar-refractivity contribution is -0.159. The first-order valence-electron chi connectivity index (χ1n) is 5.04. The van der Waals surface area contributed by atoms with E-state index < -0.39 is 29.8 Å². The summed E-state index contributed by atoms with van der Waals surface area (Å²) in [5.41, 5.74) is -2.03. The van der Waals surface area contributed by atoms with Crippen LogP contribution in [0.3, 0.4) is 0 Å². The second kappa shape index (κ2) is 5.37. The summed E-state index contributed by atoms with van der Waals surface area (Å²) in [6.07, 6.45) is -3.17. The fraction of sp³-hybridized carbons (Fsp3) is 0.818. The Hall–Kier alpha value is -1.00. The summed E-state index contributed by atoms with van der Waals surface area (Å²) >= 11 is 0. The summed E-state index contributed by atoms with van der Waals surface area (Å²) in [5.74, 6) is -0.636. The van der Waals surface area contributed by atoms with Crippen molar-refractivity contribution in [2.24, 2.45) is 5.41 Å². The molecule has 1 unspecified atom stereocenters. The van der Waals surface area contributed by atoms with Gasteiger partial charge in [0, 0.05) is 11.8 Å². The van der Waals surface area contributed by atoms with Crippen LogP contribution in [0.25, 0.3) is 0 Å². The largest absolute Gasteiger partial charge is 0.460 e. The molecule has 0 fully saturated rings. The molecule has 0 saturated heterocycles. The summed E-state index contributed by atoms with van der Waals surface area (Å²) in [7, 11) is 0. The van der Waals surface area contributed by atoms with Crippen molar-refractivity contribution in [3.8, 4) is 0 Å². The highest BCUT2D eigenvalue weighted by atomic mass is 19.3. The second-order valence-corrected chi connectivity index (χ2v) is 5.13. The van der Waals surface area contributed by atoms with Gasteiger partial charge in [-0.25, -0.2) is 8.78 Å². The van der Waals surface area contributed by atoms with Gasteiger partial charge in [-0.1, -0.05) is 6.92 Å². The van der Waals surface area contributed by atoms with Crippen molar-refractivity contribution >= 4 is 12.3 Å². The minimum atomic E-state index is -2.61. The Bertz CT molecular complexity index is 258. The zero-order valence-corrected chi connectivity index (χ0v) is 10.0. The van der Waals surface area contributed by atoms with Crippen molar-refractivity contribution < 1.29 is 23.1 Å². The molecule has 5 heteroatoms. The highest BCUT2D eigenvalue weighted by Gasteiger charge is 2.32. The SMILES string of the molecule is CC(C=O)(CC(=O)OC(C)(C)C)CC(F)F. The Morgan fingerprint density at radius 2 is 1.81 bits per heavy atom. The molecule has 0 N–H and O–H groups in total. The number of carbonyl (C=O) groups excluding carboxylic acids is 2. The number of alkyl halides is 2. The number of rotatable bonds is 5. The quantitative estimate of drug-likeness (QED) is 0.544. The first-order chi connectivity index (χ1) is 7.08. The Morgan fingerprint density at radius 1 is 1.31 bits per heavy atom. The lowest BCUT2D eigenvalue weighted by Gasteiger charge is -2.25. The lowest BCUT2D eigenvalue weighted by atomic mass is 9.85. The third kappa shape index (κ3) is 6.48. The molecule has 0 aliphatic rings. The minimum absolute atomic E-state index is 0.321. The van der Waals surface area contributed by atoms with Crippen molar-refractivity contribution in [1.82, 2.24) is 0 Å². The molecular formula is C11H18F2O3. The molecule has 3 nitrogen and oxygen atoms in total. The van der Waals surface area contributed by atoms with E-state index in [0.717, 1.165) is 0 Å². The predicted molar refractivity (Wildman–Crippen MR) is 55.3 cm³/mol. The van der Waals surface area contributed by atoms with Gasteiger partial charge in [0.2, 0.25) is 6.43 Å². The Balaban J connectivity index is 4.43. The number of halogens is 2. The van der Waals surface area contributed by atoms with Gasteiger partial charge in [-0.05, 0) is 20.8 Å². The maximum Gasteiger partial charge on any atom is 0.307 e. The number of esters is 1. The van der Waals surface area contributed by atoms with Gasteiger partial charge in [-0.2, -0.15) is 0 Å². The van der Waals surface area contributed by atoms with Crippen LogP contribution in [0.4, 0.5) is 8.78 Å². The molecule has 0 aliphatic heterocycles. The third-order valence-electron chi connectivity index (χ3n) is 1.87. The first kappa shape index (κ1) is 15.0. The van der Waals surface area contributed by atoms with E-state index in [4.69, 9.17) is 4.74 Å². The fourth-order valence-electron chi connectivity index (χ4n) is 1.22. The number of hydrogen-bond donors (Lipinski definition) is 0. The molecule has 0 rings (SSSR count). The lowest BCUT2D eigenvalue weighted by Crippen LogP contribution is -2.30. The van der Waals surface area contributed by atoms with Gasteiger partial charge in [-0.15, -0.1) is 0 Å². The van der Waals surface area contributed by atoms with E-state index in [0.29, 0.717) is 6.29 Å². The highest BCUT2D eigenvalue weighted by Crippen LogP contribution is 2.28. The molecule has 0 aromatic heterocycles. The number of ether oxygens (including phenoxy) is 1. The van der Waals surface area contributed by atoms with Gasteiger partial charge in [0.15, 0.2) is 0 Å². The Labute approximate surface area is 94.2 Å². The summed E-state index contributed by atoms with van der Waals surface area (Å²) in [6.45, 7) is 6.36. The Morgan fingerprint density at radius 3 is 2.12 bits per heavy atom. The molecular weight excluding hydrogens is 218 g/mol. The molecule has 0 radical (unpaired) electrons. The van der Waals surface area contributed by atoms with E-state index in [9.17, 15) is 18.4 Å². The Kier molecular flexibility index (Phi) is 5.03. The molecule has 16 heavy (non-hydrogen) atoms. The first-order valence-corrected chi connectivity index (χ1v) is 5.04. The smallest absolute Gasteiger partial charge is 0.307 e. The van der Waals surface area contributed by atoms with Crippen LogP contribution >= 0.6 is 0 Å². The van der Waals surface area contributed by atoms with E-state index >= 15 is 0 Å². The summed E-state index contributed by atoms with van der Waals surface area (Å²) in [6, 6.07) is 0. The maximum absolute atomic E-state index is 12.2. The summed E-state index contributed by atoms with van der Waals surface area (Å²) in [5, 5.41) is 0. The number of aldehydes is 1. The van der Waals surface area contributed by atoms with Gasteiger partial charge < -0.3 is 9.53 Å². The molecule has 0 heterocycles. The third-order valence-corrected chi connectivity index (χ3v) is 1.87. The zero-order chi connectivity index (χ0) is 13.0. The van der Waals surface area contributed by atoms with Gasteiger partial charge in [0.05, 0.1) is 6.42 Å². The normalized spacial score (nSPS) is 15.7. The van der Waals surface area contributed by atoms with Crippen LogP contribution in [0.1, 0.15) is 40.5 Å². The van der Waals surface area contributed by atoms with Crippen molar-refractivity contribution in [2.45, 2.75) is 52.6 Å². The molecule has 0 saturated carbocycles. The maximum atomic E-state index is 12.2. The zero-order valence-electron chi connectivity index (χ0n) is 10.0. The van der Waals surface area contributed by atoms with Gasteiger partial charge >= 0.3 is 5.97 Å². The highest BCUT2D eigenvalue weighted by molar-refractivity contribution is 5.76. The second-order valence-electron chi connectivity index (χ2n) is 5.13. The van der Waals surface area contributed by atoms with E-state index in [-0.39, 0.29) is 6.42 Å². The molecule has 0 bridgehead atoms. The monoisotopic (exact) mass is 236 g/mol. The van der Waals surface area contributed by atoms with E-state index in [1.807, 2.05) is 0 Å². The van der Waals surface area contributed by atoms with Crippen LogP contribution in [-0.4, -0.2) is 24.3 Å². The van der Waals surface area contributed by atoms with E-state index in [1.165, 1.54) is 6.92 Å². The minimum Gasteiger partial charge on any atom is -0.460 e. The van der Waals surface area contributed by atoms with Gasteiger partial charge in [0.25, 0.3) is 0 Å². The fourth-order valence-corrected chi connectivity index (χ4v) is 1.22. The average molecular weight is 236 g/mol. The van der Waals surface area contributed by atoms with Gasteiger partial charge in [0.1, 0.15) is 11.9 Å². The molecule has 0 spiro atoms. The number of hydrogen-bond acceptors (Lipinski definition) is 3. The summed E-state index contributed by atoms with van der Waals surface area (Å²) < 4.78 is 29.4. The van der Waals surface area contributed by atoms with Crippen LogP contribution in [-0.2, 0) is 14.3 Å². The molecule has 0 aromatic carbocycles. The van der Waals surface area contributed by atoms with E-state index in [1.54, 1.807) is 20.8 Å². The molecule has 0 aromatic rings. The van der Waals surface area contributed by atoms with Crippen LogP contribution < -0.4 is 0 Å². The van der Waals surface area contributed by atoms with Crippen molar-refractivity contribution in [3.05, 3.63) is 0 Å². The summed E-state index contributed by atoms with van der Waals surface area (Å²) in [4.78, 5) is 22.1. The van der Waals surface area contributed by atoms with Crippen LogP contribution in [0.15, 0.2) is 0 Å². The van der Waals surface area contributed by atoms with Gasteiger partial charge in [-0.3, -0.25) is 4.79 Å². The molecule has 1 atom stereocenters. The van der Waals surface area contributed by atoms with Crippen molar-refractivity contribution in [3.63, 3.8) is 0 Å². The average Bonchev–Trinajstić information content (AvgIpc) is 1.98. The van der Waals surface area contributed by atoms with Crippen LogP contribution in [0, 0.1) is 5.41 Å². The topological polar surface area (TPSA) is 43.4 Å². The van der Waals surface area contributed by atoms with Crippen molar-refractivity contribution in [2.75, 3.05) is 0 Å². The molecule has 94 valence electrons. The van der Waals surface area contributed by atoms with Crippen LogP contribution in [0.2, 0.25) is 0 Å². The standard InChI is InChI=1S/C11H18F2O3/c1-10(2,3)16-9(15)6-11(4,7-14)5-8(12)13/h7-8H,5-6H2,1-4H3. The molecule has 0 aliphatic carbocycles.